The van der Waals surface area contributed by atoms with Gasteiger partial charge in [-0.1, -0.05) is 55.1 Å². The Morgan fingerprint density at radius 2 is 1.85 bits per heavy atom. The fourth-order valence-electron chi connectivity index (χ4n) is 2.47. The van der Waals surface area contributed by atoms with Crippen LogP contribution in [0.2, 0.25) is 5.02 Å². The van der Waals surface area contributed by atoms with E-state index in [0.717, 1.165) is 38.3 Å². The predicted molar refractivity (Wildman–Crippen MR) is 88.9 cm³/mol. The molecule has 0 bridgehead atoms. The molecule has 0 radical (unpaired) electrons. The third kappa shape index (κ3) is 2.06. The summed E-state index contributed by atoms with van der Waals surface area (Å²) in [5.74, 6) is 0. The quantitative estimate of drug-likeness (QED) is 0.626. The molecule has 0 fully saturated rings. The molecule has 0 unspecified atom stereocenters. The van der Waals surface area contributed by atoms with Crippen LogP contribution in [-0.4, -0.2) is 4.98 Å². The van der Waals surface area contributed by atoms with Crippen molar-refractivity contribution in [2.24, 2.45) is 0 Å². The first-order valence-electron chi connectivity index (χ1n) is 6.39. The van der Waals surface area contributed by atoms with Crippen molar-refractivity contribution in [3.63, 3.8) is 0 Å². The number of fused-ring (bicyclic) bond motifs is 1. The van der Waals surface area contributed by atoms with Crippen LogP contribution in [0, 0.1) is 0 Å². The Balaban J connectivity index is 2.25. The molecule has 0 amide bonds. The summed E-state index contributed by atoms with van der Waals surface area (Å²) in [6, 6.07) is 14.1. The third-order valence-electron chi connectivity index (χ3n) is 3.44. The molecular weight excluding hydrogens is 266 g/mol. The highest BCUT2D eigenvalue weighted by atomic mass is 35.5. The van der Waals surface area contributed by atoms with Gasteiger partial charge < -0.3 is 4.98 Å². The zero-order valence-electron chi connectivity index (χ0n) is 11.0. The largest absolute Gasteiger partial charge is 0.355 e. The molecule has 0 aliphatic rings. The van der Waals surface area contributed by atoms with Crippen molar-refractivity contribution < 1.29 is 0 Å². The van der Waals surface area contributed by atoms with E-state index in [1.165, 1.54) is 0 Å². The molecule has 0 aliphatic carbocycles. The molecular formula is C18H14ClN. The number of aromatic amines is 1. The first kappa shape index (κ1) is 12.8. The van der Waals surface area contributed by atoms with Crippen LogP contribution in [-0.2, 0) is 0 Å². The number of hydrogen-bond donors (Lipinski definition) is 1. The molecule has 0 aliphatic heterocycles. The van der Waals surface area contributed by atoms with Crippen molar-refractivity contribution in [3.05, 3.63) is 71.8 Å². The number of aromatic nitrogens is 1. The number of halogens is 1. The average molecular weight is 280 g/mol. The second-order valence-electron chi connectivity index (χ2n) is 4.63. The smallest absolute Gasteiger partial charge is 0.0471 e. The van der Waals surface area contributed by atoms with Crippen LogP contribution in [0.25, 0.3) is 34.3 Å². The van der Waals surface area contributed by atoms with Crippen molar-refractivity contribution in [1.29, 1.82) is 0 Å². The number of rotatable bonds is 3. The Morgan fingerprint density at radius 1 is 1.00 bits per heavy atom. The van der Waals surface area contributed by atoms with Gasteiger partial charge in [-0.15, -0.1) is 0 Å². The Bertz CT molecular complexity index is 811. The van der Waals surface area contributed by atoms with Gasteiger partial charge in [0.25, 0.3) is 0 Å². The van der Waals surface area contributed by atoms with Crippen molar-refractivity contribution in [1.82, 2.24) is 4.98 Å². The molecule has 1 aromatic heterocycles. The van der Waals surface area contributed by atoms with E-state index < -0.39 is 0 Å². The number of nitrogens with one attached hydrogen (secondary N) is 1. The SMILES string of the molecule is C=Cc1cccc(-c2cc3cc(Cl)ccc3[nH]2)c1C=C. The molecule has 20 heavy (non-hydrogen) atoms. The minimum atomic E-state index is 0.742. The molecule has 0 spiro atoms. The van der Waals surface area contributed by atoms with Gasteiger partial charge in [-0.3, -0.25) is 0 Å². The van der Waals surface area contributed by atoms with E-state index in [1.54, 1.807) is 0 Å². The van der Waals surface area contributed by atoms with E-state index in [0.29, 0.717) is 0 Å². The van der Waals surface area contributed by atoms with Crippen LogP contribution in [0.15, 0.2) is 55.6 Å². The van der Waals surface area contributed by atoms with E-state index >= 15 is 0 Å². The molecule has 3 rings (SSSR count). The van der Waals surface area contributed by atoms with Crippen LogP contribution >= 0.6 is 11.6 Å². The van der Waals surface area contributed by atoms with Crippen LogP contribution in [0.4, 0.5) is 0 Å². The topological polar surface area (TPSA) is 15.8 Å². The first-order chi connectivity index (χ1) is 9.72. The van der Waals surface area contributed by atoms with Gasteiger partial charge in [0.2, 0.25) is 0 Å². The van der Waals surface area contributed by atoms with Crippen LogP contribution in [0.3, 0.4) is 0 Å². The van der Waals surface area contributed by atoms with Gasteiger partial charge in [-0.05, 0) is 35.4 Å². The Kier molecular flexibility index (Phi) is 3.21. The minimum Gasteiger partial charge on any atom is -0.355 e. The average Bonchev–Trinajstić information content (AvgIpc) is 2.88. The number of H-pyrrole nitrogens is 1. The summed E-state index contributed by atoms with van der Waals surface area (Å²) in [6.45, 7) is 7.76. The fraction of sp³-hybridized carbons (Fsp3) is 0. The minimum absolute atomic E-state index is 0.742. The molecule has 0 atom stereocenters. The van der Waals surface area contributed by atoms with Crippen LogP contribution in [0.5, 0.6) is 0 Å². The Labute approximate surface area is 123 Å². The summed E-state index contributed by atoms with van der Waals surface area (Å²) in [7, 11) is 0. The van der Waals surface area contributed by atoms with Crippen LogP contribution < -0.4 is 0 Å². The molecule has 2 aromatic carbocycles. The van der Waals surface area contributed by atoms with Gasteiger partial charge in [0.1, 0.15) is 0 Å². The zero-order chi connectivity index (χ0) is 14.1. The van der Waals surface area contributed by atoms with Crippen molar-refractivity contribution in [3.8, 4) is 11.3 Å². The predicted octanol–water partition coefficient (Wildman–Crippen LogP) is 5.77. The van der Waals surface area contributed by atoms with E-state index in [9.17, 15) is 0 Å². The summed E-state index contributed by atoms with van der Waals surface area (Å²) in [5, 5.41) is 1.85. The number of hydrogen-bond acceptors (Lipinski definition) is 0. The van der Waals surface area contributed by atoms with E-state index in [4.69, 9.17) is 11.6 Å². The van der Waals surface area contributed by atoms with E-state index in [1.807, 2.05) is 42.5 Å². The van der Waals surface area contributed by atoms with Gasteiger partial charge in [-0.25, -0.2) is 0 Å². The molecule has 1 heterocycles. The molecule has 0 saturated carbocycles. The Hall–Kier alpha value is -2.25. The van der Waals surface area contributed by atoms with Gasteiger partial charge in [0.05, 0.1) is 0 Å². The molecule has 1 N–H and O–H groups in total. The van der Waals surface area contributed by atoms with Crippen molar-refractivity contribution in [2.45, 2.75) is 0 Å². The van der Waals surface area contributed by atoms with Crippen molar-refractivity contribution in [2.75, 3.05) is 0 Å². The maximum atomic E-state index is 6.04. The zero-order valence-corrected chi connectivity index (χ0v) is 11.7. The standard InChI is InChI=1S/C18H14ClN/c1-3-12-6-5-7-16(15(12)4-2)18-11-13-10-14(19)8-9-17(13)20-18/h3-11,20H,1-2H2. The highest BCUT2D eigenvalue weighted by Crippen LogP contribution is 2.30. The summed E-state index contributed by atoms with van der Waals surface area (Å²) >= 11 is 6.04. The van der Waals surface area contributed by atoms with E-state index in [2.05, 4.69) is 30.3 Å². The lowest BCUT2D eigenvalue weighted by Gasteiger charge is -2.07. The van der Waals surface area contributed by atoms with Gasteiger partial charge in [0, 0.05) is 27.2 Å². The lowest BCUT2D eigenvalue weighted by molar-refractivity contribution is 1.44. The normalized spacial score (nSPS) is 10.7. The summed E-state index contributed by atoms with van der Waals surface area (Å²) in [5.41, 5.74) is 5.41. The summed E-state index contributed by atoms with van der Waals surface area (Å²) in [4.78, 5) is 3.42. The maximum Gasteiger partial charge on any atom is 0.0471 e. The maximum absolute atomic E-state index is 6.04. The first-order valence-corrected chi connectivity index (χ1v) is 6.77. The molecule has 2 heteroatoms. The fourth-order valence-corrected chi connectivity index (χ4v) is 2.65. The molecule has 3 aromatic rings. The van der Waals surface area contributed by atoms with Gasteiger partial charge >= 0.3 is 0 Å². The lowest BCUT2D eigenvalue weighted by Crippen LogP contribution is -1.87. The second kappa shape index (κ2) is 5.03. The van der Waals surface area contributed by atoms with E-state index in [-0.39, 0.29) is 0 Å². The lowest BCUT2D eigenvalue weighted by atomic mass is 9.99. The van der Waals surface area contributed by atoms with Gasteiger partial charge in [0.15, 0.2) is 0 Å². The number of benzene rings is 2. The Morgan fingerprint density at radius 3 is 2.60 bits per heavy atom. The highest BCUT2D eigenvalue weighted by molar-refractivity contribution is 6.31. The van der Waals surface area contributed by atoms with Crippen LogP contribution in [0.1, 0.15) is 11.1 Å². The third-order valence-corrected chi connectivity index (χ3v) is 3.67. The van der Waals surface area contributed by atoms with Gasteiger partial charge in [-0.2, -0.15) is 0 Å². The second-order valence-corrected chi connectivity index (χ2v) is 5.07. The van der Waals surface area contributed by atoms with Crippen molar-refractivity contribution >= 4 is 34.7 Å². The highest BCUT2D eigenvalue weighted by Gasteiger charge is 2.09. The summed E-state index contributed by atoms with van der Waals surface area (Å²) < 4.78 is 0. The molecule has 1 nitrogen and oxygen atoms in total. The molecule has 98 valence electrons. The molecule has 0 saturated heterocycles. The summed E-state index contributed by atoms with van der Waals surface area (Å²) in [6.07, 6.45) is 3.71. The monoisotopic (exact) mass is 279 g/mol.